The van der Waals surface area contributed by atoms with Gasteiger partial charge in [-0.05, 0) is 60.5 Å². The molecular formula is C32H43ClI4N8O10. The number of carbonyl (C=O) groups is 7. The maximum absolute atomic E-state index is 11.3. The van der Waals surface area contributed by atoms with E-state index < -0.39 is 17.4 Å². The van der Waals surface area contributed by atoms with Gasteiger partial charge in [0, 0.05) is 54.5 Å². The van der Waals surface area contributed by atoms with Crippen LogP contribution >= 0.6 is 102 Å². The van der Waals surface area contributed by atoms with Crippen molar-refractivity contribution in [3.63, 3.8) is 0 Å². The largest absolute Gasteiger partial charge is 0.447 e. The van der Waals surface area contributed by atoms with Crippen LogP contribution in [0.1, 0.15) is 15.9 Å². The van der Waals surface area contributed by atoms with Crippen molar-refractivity contribution < 1.29 is 47.8 Å². The number of amides is 6. The van der Waals surface area contributed by atoms with Crippen molar-refractivity contribution in [2.24, 2.45) is 11.5 Å². The Bertz CT molecular complexity index is 1470. The van der Waals surface area contributed by atoms with E-state index in [2.05, 4.69) is 31.9 Å². The average Bonchev–Trinajstić information content (AvgIpc) is 3.15. The Morgan fingerprint density at radius 1 is 0.564 bits per heavy atom. The summed E-state index contributed by atoms with van der Waals surface area (Å²) in [5, 5.41) is 15.0. The van der Waals surface area contributed by atoms with Gasteiger partial charge in [0.2, 0.25) is 23.6 Å². The molecule has 0 heterocycles. The van der Waals surface area contributed by atoms with Crippen molar-refractivity contribution in [1.82, 2.24) is 10.6 Å². The van der Waals surface area contributed by atoms with Gasteiger partial charge in [-0.15, -0.1) is 0 Å². The highest BCUT2D eigenvalue weighted by Crippen LogP contribution is 2.21. The van der Waals surface area contributed by atoms with Gasteiger partial charge in [-0.1, -0.05) is 90.4 Å². The first-order valence-electron chi connectivity index (χ1n) is 15.9. The zero-order valence-corrected chi connectivity index (χ0v) is 39.0. The lowest BCUT2D eigenvalue weighted by molar-refractivity contribution is -0.114. The van der Waals surface area contributed by atoms with Gasteiger partial charge in [-0.2, -0.15) is 0 Å². The van der Waals surface area contributed by atoms with Crippen molar-refractivity contribution in [3.8, 4) is 0 Å². The summed E-state index contributed by atoms with van der Waals surface area (Å²) in [4.78, 5) is 78.3. The van der Waals surface area contributed by atoms with Crippen molar-refractivity contribution in [1.29, 1.82) is 0 Å². The Balaban J connectivity index is 0.000000797. The predicted octanol–water partition coefficient (Wildman–Crippen LogP) is 3.93. The molecule has 2 aromatic rings. The van der Waals surface area contributed by atoms with Crippen molar-refractivity contribution in [2.45, 2.75) is 6.92 Å². The Hall–Kier alpha value is -2.38. The molecule has 0 aliphatic heterocycles. The summed E-state index contributed by atoms with van der Waals surface area (Å²) < 4.78 is 16.0. The summed E-state index contributed by atoms with van der Waals surface area (Å²) in [6.45, 7) is 4.06. The van der Waals surface area contributed by atoms with Crippen LogP contribution in [0.5, 0.6) is 0 Å². The first-order valence-corrected chi connectivity index (χ1v) is 22.4. The second-order valence-corrected chi connectivity index (χ2v) is 13.6. The smallest absolute Gasteiger partial charge is 0.407 e. The molecule has 2 aromatic carbocycles. The number of ether oxygens (including phenoxy) is 3. The molecule has 0 saturated carbocycles. The van der Waals surface area contributed by atoms with Crippen LogP contribution in [0.15, 0.2) is 36.4 Å². The van der Waals surface area contributed by atoms with E-state index in [0.29, 0.717) is 57.8 Å². The van der Waals surface area contributed by atoms with Crippen LogP contribution in [0.25, 0.3) is 0 Å². The first kappa shape index (κ1) is 52.6. The topological polar surface area (TPSA) is 271 Å². The lowest BCUT2D eigenvalue weighted by atomic mass is 10.2. The van der Waals surface area contributed by atoms with Crippen LogP contribution in [0.4, 0.5) is 32.3 Å². The molecule has 0 fully saturated rings. The lowest BCUT2D eigenvalue weighted by Gasteiger charge is -2.09. The number of carbonyl (C=O) groups excluding carboxylic acids is 7. The Kier molecular flexibility index (Phi) is 31.3. The third-order valence-electron chi connectivity index (χ3n) is 5.61. The third kappa shape index (κ3) is 27.8. The fourth-order valence-corrected chi connectivity index (χ4v) is 4.40. The summed E-state index contributed by atoms with van der Waals surface area (Å²) >= 11 is 13.3. The van der Waals surface area contributed by atoms with E-state index in [1.165, 1.54) is 12.1 Å². The minimum atomic E-state index is -0.657. The molecule has 0 spiro atoms. The standard InChI is InChI=1S/C11H9ClI2N2O3.C11H12I2N2O2.C10H22N4O5/c12-11(19)6-1-7(15-9(17)4-13)3-8(2-6)16-10(18)5-14;1-7-2-8(14-10(16)5-12)4-9(3-7)15-11(17)6-13;11-1-3-13-9(15)18-7-5-17-6-8-19-10(16)14-4-2-12/h1-3H,4-5H2,(H,15,17)(H,16,18);2-4H,5-6H2,1H3,(H,14,16)(H,15,17);1-8,11-12H2,(H,13,15)(H,14,16). The predicted molar refractivity (Wildman–Crippen MR) is 246 cm³/mol. The monoisotopic (exact) mass is 1240 g/mol. The molecule has 306 valence electrons. The Labute approximate surface area is 378 Å². The SMILES string of the molecule is Cc1cc(NC(=O)CI)cc(NC(=O)CI)c1.NCCNC(=O)OCCOCCOC(=O)NCCN.O=C(CI)Nc1cc(NC(=O)CI)cc(C(=O)Cl)c1. The number of nitrogens with two attached hydrogens (primary N) is 2. The van der Waals surface area contributed by atoms with Gasteiger partial charge in [-0.25, -0.2) is 9.59 Å². The molecule has 0 atom stereocenters. The fraction of sp³-hybridized carbons (Fsp3) is 0.406. The second-order valence-electron chi connectivity index (χ2n) is 10.2. The molecule has 23 heteroatoms. The minimum absolute atomic E-state index is 0.0534. The van der Waals surface area contributed by atoms with E-state index in [0.717, 1.165) is 5.56 Å². The van der Waals surface area contributed by atoms with E-state index in [9.17, 15) is 33.6 Å². The molecule has 55 heavy (non-hydrogen) atoms. The van der Waals surface area contributed by atoms with Gasteiger partial charge in [0.05, 0.1) is 30.9 Å². The summed E-state index contributed by atoms with van der Waals surface area (Å²) in [7, 11) is 0. The average molecular weight is 1240 g/mol. The zero-order chi connectivity index (χ0) is 41.6. The maximum atomic E-state index is 11.3. The van der Waals surface area contributed by atoms with Gasteiger partial charge in [0.1, 0.15) is 13.2 Å². The molecule has 0 saturated heterocycles. The normalized spacial score (nSPS) is 9.82. The molecule has 0 aliphatic carbocycles. The summed E-state index contributed by atoms with van der Waals surface area (Å²) in [5.41, 5.74) is 13.8. The van der Waals surface area contributed by atoms with E-state index >= 15 is 0 Å². The van der Waals surface area contributed by atoms with Crippen LogP contribution in [0.2, 0.25) is 0 Å². The van der Waals surface area contributed by atoms with Crippen molar-refractivity contribution >= 4 is 166 Å². The molecule has 0 aromatic heterocycles. The Morgan fingerprint density at radius 3 is 1.18 bits per heavy atom. The Morgan fingerprint density at radius 2 is 0.891 bits per heavy atom. The van der Waals surface area contributed by atoms with Crippen molar-refractivity contribution in [2.75, 3.05) is 91.6 Å². The summed E-state index contributed by atoms with van der Waals surface area (Å²) in [6, 6.07) is 9.96. The molecule has 0 unspecified atom stereocenters. The van der Waals surface area contributed by atoms with Gasteiger partial charge < -0.3 is 57.6 Å². The number of rotatable bonds is 19. The van der Waals surface area contributed by atoms with Gasteiger partial charge >= 0.3 is 12.2 Å². The molecule has 18 nitrogen and oxygen atoms in total. The van der Waals surface area contributed by atoms with E-state index in [1.54, 1.807) is 12.1 Å². The van der Waals surface area contributed by atoms with Crippen LogP contribution in [-0.4, -0.2) is 111 Å². The summed E-state index contributed by atoms with van der Waals surface area (Å²) in [6.07, 6.45) is -1.07. The van der Waals surface area contributed by atoms with Crippen LogP contribution in [0.3, 0.4) is 0 Å². The quantitative estimate of drug-likeness (QED) is 0.0431. The highest BCUT2D eigenvalue weighted by molar-refractivity contribution is 14.1. The molecule has 10 N–H and O–H groups in total. The van der Waals surface area contributed by atoms with Gasteiger partial charge in [0.15, 0.2) is 0 Å². The number of alkyl carbamates (subject to hydrolysis) is 2. The number of aryl methyl sites for hydroxylation is 1. The van der Waals surface area contributed by atoms with E-state index in [-0.39, 0.29) is 64.5 Å². The third-order valence-corrected chi connectivity index (χ3v) is 8.60. The maximum Gasteiger partial charge on any atom is 0.407 e. The second kappa shape index (κ2) is 32.7. The number of nitrogens with one attached hydrogen (secondary N) is 6. The lowest BCUT2D eigenvalue weighted by Crippen LogP contribution is -2.31. The molecule has 0 aliphatic rings. The first-order chi connectivity index (χ1) is 26.2. The number of hydrogen-bond donors (Lipinski definition) is 8. The van der Waals surface area contributed by atoms with Gasteiger partial charge in [0.25, 0.3) is 5.24 Å². The van der Waals surface area contributed by atoms with Crippen LogP contribution in [0, 0.1) is 6.92 Å². The van der Waals surface area contributed by atoms with Gasteiger partial charge in [-0.3, -0.25) is 24.0 Å². The number of alkyl halides is 4. The molecule has 2 rings (SSSR count). The highest BCUT2D eigenvalue weighted by atomic mass is 127. The molecule has 0 radical (unpaired) electrons. The molecule has 6 amide bonds. The van der Waals surface area contributed by atoms with E-state index in [4.69, 9.17) is 37.3 Å². The van der Waals surface area contributed by atoms with Crippen LogP contribution < -0.4 is 43.4 Å². The summed E-state index contributed by atoms with van der Waals surface area (Å²) in [5.74, 6) is -0.512. The number of benzene rings is 2. The molecular weight excluding hydrogens is 1200 g/mol. The van der Waals surface area contributed by atoms with Crippen molar-refractivity contribution in [3.05, 3.63) is 47.5 Å². The minimum Gasteiger partial charge on any atom is -0.447 e. The number of anilines is 4. The molecule has 0 bridgehead atoms. The highest BCUT2D eigenvalue weighted by Gasteiger charge is 2.10. The van der Waals surface area contributed by atoms with Crippen LogP contribution in [-0.2, 0) is 33.4 Å². The zero-order valence-electron chi connectivity index (χ0n) is 29.6. The van der Waals surface area contributed by atoms with E-state index in [1.807, 2.05) is 109 Å². The number of halogens is 5. The fourth-order valence-electron chi connectivity index (χ4n) is 3.53. The number of hydrogen-bond acceptors (Lipinski definition) is 12.